The van der Waals surface area contributed by atoms with E-state index in [2.05, 4.69) is 15.0 Å². The Labute approximate surface area is 117 Å². The molecule has 0 aliphatic heterocycles. The van der Waals surface area contributed by atoms with E-state index in [1.807, 2.05) is 0 Å². The third-order valence-corrected chi connectivity index (χ3v) is 2.63. The quantitative estimate of drug-likeness (QED) is 0.854. The minimum Gasteiger partial charge on any atom is -0.479 e. The molecule has 1 rings (SSSR count). The maximum absolute atomic E-state index is 12.4. The van der Waals surface area contributed by atoms with Crippen molar-refractivity contribution in [3.05, 3.63) is 29.1 Å². The summed E-state index contributed by atoms with van der Waals surface area (Å²) >= 11 is 0. The predicted octanol–water partition coefficient (Wildman–Crippen LogP) is 1.24. The minimum absolute atomic E-state index is 0.0664. The molecule has 0 aliphatic carbocycles. The van der Waals surface area contributed by atoms with Crippen LogP contribution in [0.5, 0.6) is 0 Å². The number of ether oxygens (including phenoxy) is 1. The van der Waals surface area contributed by atoms with Crippen molar-refractivity contribution in [3.63, 3.8) is 0 Å². The molecule has 21 heavy (non-hydrogen) atoms. The van der Waals surface area contributed by atoms with Crippen molar-refractivity contribution in [2.75, 3.05) is 13.7 Å². The highest BCUT2D eigenvalue weighted by molar-refractivity contribution is 5.95. The van der Waals surface area contributed by atoms with Crippen molar-refractivity contribution in [1.29, 1.82) is 0 Å². The van der Waals surface area contributed by atoms with Gasteiger partial charge < -0.3 is 15.2 Å². The number of alkyl halides is 3. The molecular formula is C12H13F3N2O4. The first-order chi connectivity index (χ1) is 9.66. The number of aliphatic carboxylic acids is 1. The molecule has 0 fully saturated rings. The van der Waals surface area contributed by atoms with Crippen molar-refractivity contribution < 1.29 is 32.6 Å². The van der Waals surface area contributed by atoms with E-state index in [9.17, 15) is 22.8 Å². The third kappa shape index (κ3) is 4.42. The number of rotatable bonds is 5. The number of carboxylic acid groups (broad SMARTS) is 1. The molecule has 1 atom stereocenters. The number of nitrogens with zero attached hydrogens (tertiary/aromatic N) is 1. The van der Waals surface area contributed by atoms with Crippen LogP contribution in [0.2, 0.25) is 0 Å². The molecule has 0 spiro atoms. The van der Waals surface area contributed by atoms with E-state index >= 15 is 0 Å². The van der Waals surface area contributed by atoms with Gasteiger partial charge in [0.2, 0.25) is 0 Å². The zero-order chi connectivity index (χ0) is 16.2. The van der Waals surface area contributed by atoms with Crippen LogP contribution in [0.1, 0.15) is 21.7 Å². The van der Waals surface area contributed by atoms with Gasteiger partial charge in [-0.1, -0.05) is 0 Å². The van der Waals surface area contributed by atoms with Gasteiger partial charge in [0.25, 0.3) is 5.91 Å². The summed E-state index contributed by atoms with van der Waals surface area (Å²) in [6.07, 6.45) is -5.83. The summed E-state index contributed by atoms with van der Waals surface area (Å²) in [7, 11) is 1.16. The molecule has 2 N–H and O–H groups in total. The molecule has 0 saturated heterocycles. The second-order valence-corrected chi connectivity index (χ2v) is 4.10. The average Bonchev–Trinajstić information content (AvgIpc) is 2.37. The van der Waals surface area contributed by atoms with Gasteiger partial charge in [-0.3, -0.25) is 4.79 Å². The van der Waals surface area contributed by atoms with Crippen molar-refractivity contribution >= 4 is 11.9 Å². The van der Waals surface area contributed by atoms with Crippen LogP contribution >= 0.6 is 0 Å². The van der Waals surface area contributed by atoms with Gasteiger partial charge in [0.15, 0.2) is 6.10 Å². The number of amides is 1. The van der Waals surface area contributed by atoms with E-state index in [0.29, 0.717) is 6.07 Å². The Morgan fingerprint density at radius 1 is 1.43 bits per heavy atom. The van der Waals surface area contributed by atoms with E-state index < -0.39 is 29.9 Å². The lowest BCUT2D eigenvalue weighted by atomic mass is 10.1. The first-order valence-corrected chi connectivity index (χ1v) is 5.75. The summed E-state index contributed by atoms with van der Waals surface area (Å²) in [6, 6.07) is 1.68. The molecular weight excluding hydrogens is 293 g/mol. The Hall–Kier alpha value is -2.16. The van der Waals surface area contributed by atoms with Gasteiger partial charge in [0.1, 0.15) is 5.69 Å². The number of hydrogen-bond donors (Lipinski definition) is 2. The SMILES string of the molecule is COC(CNC(=O)c1ccc(C(F)(F)F)nc1C)C(=O)O. The Morgan fingerprint density at radius 2 is 2.05 bits per heavy atom. The summed E-state index contributed by atoms with van der Waals surface area (Å²) < 4.78 is 41.9. The second kappa shape index (κ2) is 6.53. The van der Waals surface area contributed by atoms with Gasteiger partial charge in [-0.15, -0.1) is 0 Å². The molecule has 0 radical (unpaired) electrons. The van der Waals surface area contributed by atoms with Crippen LogP contribution in [0.15, 0.2) is 12.1 Å². The maximum atomic E-state index is 12.4. The van der Waals surface area contributed by atoms with E-state index in [1.165, 1.54) is 6.92 Å². The van der Waals surface area contributed by atoms with E-state index in [-0.39, 0.29) is 17.8 Å². The van der Waals surface area contributed by atoms with E-state index in [4.69, 9.17) is 5.11 Å². The van der Waals surface area contributed by atoms with Gasteiger partial charge in [0, 0.05) is 7.11 Å². The number of hydrogen-bond acceptors (Lipinski definition) is 4. The summed E-state index contributed by atoms with van der Waals surface area (Å²) in [4.78, 5) is 25.8. The standard InChI is InChI=1S/C12H13F3N2O4/c1-6-7(3-4-9(17-6)12(13,14)15)10(18)16-5-8(21-2)11(19)20/h3-4,8H,5H2,1-2H3,(H,16,18)(H,19,20). The monoisotopic (exact) mass is 306 g/mol. The van der Waals surface area contributed by atoms with Gasteiger partial charge in [-0.25, -0.2) is 9.78 Å². The van der Waals surface area contributed by atoms with Crippen LogP contribution in [0, 0.1) is 6.92 Å². The zero-order valence-corrected chi connectivity index (χ0v) is 11.2. The molecule has 9 heteroatoms. The van der Waals surface area contributed by atoms with E-state index in [1.54, 1.807) is 0 Å². The third-order valence-electron chi connectivity index (χ3n) is 2.63. The number of methoxy groups -OCH3 is 1. The molecule has 1 heterocycles. The number of carbonyl (C=O) groups is 2. The van der Waals surface area contributed by atoms with Crippen molar-refractivity contribution in [1.82, 2.24) is 10.3 Å². The average molecular weight is 306 g/mol. The fourth-order valence-corrected chi connectivity index (χ4v) is 1.51. The van der Waals surface area contributed by atoms with Crippen LogP contribution in [0.25, 0.3) is 0 Å². The summed E-state index contributed by atoms with van der Waals surface area (Å²) in [5, 5.41) is 11.0. The Balaban J connectivity index is 2.82. The number of carbonyl (C=O) groups excluding carboxylic acids is 1. The largest absolute Gasteiger partial charge is 0.479 e. The molecule has 116 valence electrons. The number of nitrogens with one attached hydrogen (secondary N) is 1. The molecule has 1 aromatic rings. The number of halogens is 3. The number of aromatic nitrogens is 1. The molecule has 0 saturated carbocycles. The zero-order valence-electron chi connectivity index (χ0n) is 11.2. The molecule has 1 amide bonds. The number of carboxylic acids is 1. The smallest absolute Gasteiger partial charge is 0.433 e. The fourth-order valence-electron chi connectivity index (χ4n) is 1.51. The first-order valence-electron chi connectivity index (χ1n) is 5.75. The highest BCUT2D eigenvalue weighted by Gasteiger charge is 2.33. The predicted molar refractivity (Wildman–Crippen MR) is 64.7 cm³/mol. The van der Waals surface area contributed by atoms with E-state index in [0.717, 1.165) is 13.2 Å². The number of pyridine rings is 1. The molecule has 1 aromatic heterocycles. The lowest BCUT2D eigenvalue weighted by molar-refractivity contribution is -0.148. The first kappa shape index (κ1) is 16.9. The van der Waals surface area contributed by atoms with Crippen LogP contribution in [0.3, 0.4) is 0 Å². The van der Waals surface area contributed by atoms with Crippen LogP contribution in [-0.4, -0.2) is 41.7 Å². The molecule has 0 aromatic carbocycles. The molecule has 6 nitrogen and oxygen atoms in total. The topological polar surface area (TPSA) is 88.5 Å². The molecule has 0 aliphatic rings. The van der Waals surface area contributed by atoms with Gasteiger partial charge >= 0.3 is 12.1 Å². The van der Waals surface area contributed by atoms with Gasteiger partial charge in [-0.05, 0) is 19.1 Å². The minimum atomic E-state index is -4.59. The number of aryl methyl sites for hydroxylation is 1. The molecule has 1 unspecified atom stereocenters. The highest BCUT2D eigenvalue weighted by atomic mass is 19.4. The normalized spacial score (nSPS) is 12.8. The summed E-state index contributed by atoms with van der Waals surface area (Å²) in [5.41, 5.74) is -1.27. The van der Waals surface area contributed by atoms with Crippen molar-refractivity contribution in [3.8, 4) is 0 Å². The van der Waals surface area contributed by atoms with Crippen LogP contribution in [-0.2, 0) is 15.7 Å². The summed E-state index contributed by atoms with van der Waals surface area (Å²) in [5.74, 6) is -1.99. The Kier molecular flexibility index (Phi) is 5.25. The van der Waals surface area contributed by atoms with Gasteiger partial charge in [-0.2, -0.15) is 13.2 Å². The van der Waals surface area contributed by atoms with Crippen LogP contribution in [0.4, 0.5) is 13.2 Å². The van der Waals surface area contributed by atoms with Crippen LogP contribution < -0.4 is 5.32 Å². The lowest BCUT2D eigenvalue weighted by Gasteiger charge is -2.13. The van der Waals surface area contributed by atoms with Gasteiger partial charge in [0.05, 0.1) is 17.8 Å². The highest BCUT2D eigenvalue weighted by Crippen LogP contribution is 2.28. The maximum Gasteiger partial charge on any atom is 0.433 e. The fraction of sp³-hybridized carbons (Fsp3) is 0.417. The second-order valence-electron chi connectivity index (χ2n) is 4.10. The lowest BCUT2D eigenvalue weighted by Crippen LogP contribution is -2.38. The van der Waals surface area contributed by atoms with Crippen molar-refractivity contribution in [2.24, 2.45) is 0 Å². The van der Waals surface area contributed by atoms with Crippen molar-refractivity contribution in [2.45, 2.75) is 19.2 Å². The Bertz CT molecular complexity index is 546. The molecule has 0 bridgehead atoms. The Morgan fingerprint density at radius 3 is 2.48 bits per heavy atom. The summed E-state index contributed by atoms with van der Waals surface area (Å²) in [6.45, 7) is 0.945.